The van der Waals surface area contributed by atoms with E-state index in [1.165, 1.54) is 173 Å². The topological polar surface area (TPSA) is 78.9 Å². The normalized spacial score (nSPS) is 11.8. The molecule has 0 aliphatic rings. The minimum Gasteiger partial charge on any atom is -0.462 e. The van der Waals surface area contributed by atoms with Gasteiger partial charge in [-0.2, -0.15) is 0 Å². The summed E-state index contributed by atoms with van der Waals surface area (Å²) < 4.78 is 16.7. The molecule has 6 nitrogen and oxygen atoms in total. The van der Waals surface area contributed by atoms with Crippen LogP contribution in [0.25, 0.3) is 0 Å². The third-order valence-electron chi connectivity index (χ3n) is 10.9. The van der Waals surface area contributed by atoms with E-state index in [4.69, 9.17) is 14.2 Å². The molecular weight excluding hydrogens is 673 g/mol. The van der Waals surface area contributed by atoms with Crippen LogP contribution in [0, 0.1) is 0 Å². The van der Waals surface area contributed by atoms with Gasteiger partial charge in [0.15, 0.2) is 6.10 Å². The zero-order valence-corrected chi connectivity index (χ0v) is 36.5. The van der Waals surface area contributed by atoms with Crippen molar-refractivity contribution >= 4 is 17.9 Å². The van der Waals surface area contributed by atoms with Crippen LogP contribution < -0.4 is 0 Å². The Morgan fingerprint density at radius 3 is 0.741 bits per heavy atom. The summed E-state index contributed by atoms with van der Waals surface area (Å²) in [6, 6.07) is 0. The molecule has 1 atom stereocenters. The summed E-state index contributed by atoms with van der Waals surface area (Å²) in [5, 5.41) is 0. The molecule has 0 rings (SSSR count). The second-order valence-corrected chi connectivity index (χ2v) is 16.4. The predicted molar refractivity (Wildman–Crippen MR) is 229 cm³/mol. The molecule has 0 radical (unpaired) electrons. The summed E-state index contributed by atoms with van der Waals surface area (Å²) in [6.07, 6.45) is 45.2. The summed E-state index contributed by atoms with van der Waals surface area (Å²) >= 11 is 0. The SMILES string of the molecule is CCCCCCCCCCCCCCCCCCC(=O)OCC(COC(=O)CCCCCCCCC)OC(=O)CCCCCCCCCCCCCCC. The van der Waals surface area contributed by atoms with Crippen LogP contribution in [0.5, 0.6) is 0 Å². The lowest BCUT2D eigenvalue weighted by Gasteiger charge is -2.18. The monoisotopic (exact) mass is 765 g/mol. The summed E-state index contributed by atoms with van der Waals surface area (Å²) in [7, 11) is 0. The molecule has 6 heteroatoms. The summed E-state index contributed by atoms with van der Waals surface area (Å²) in [5.41, 5.74) is 0. The number of esters is 3. The zero-order valence-electron chi connectivity index (χ0n) is 36.5. The first-order valence-corrected chi connectivity index (χ1v) is 24.0. The number of hydrogen-bond acceptors (Lipinski definition) is 6. The Bertz CT molecular complexity index is 798. The van der Waals surface area contributed by atoms with Gasteiger partial charge in [0.05, 0.1) is 0 Å². The number of carbonyl (C=O) groups is 3. The molecule has 54 heavy (non-hydrogen) atoms. The molecule has 0 N–H and O–H groups in total. The highest BCUT2D eigenvalue weighted by Crippen LogP contribution is 2.16. The van der Waals surface area contributed by atoms with Gasteiger partial charge >= 0.3 is 17.9 Å². The van der Waals surface area contributed by atoms with E-state index in [1.807, 2.05) is 0 Å². The number of unbranched alkanes of at least 4 members (excludes halogenated alkanes) is 33. The maximum atomic E-state index is 12.7. The predicted octanol–water partition coefficient (Wildman–Crippen LogP) is 15.3. The summed E-state index contributed by atoms with van der Waals surface area (Å²) in [6.45, 7) is 6.63. The lowest BCUT2D eigenvalue weighted by molar-refractivity contribution is -0.167. The van der Waals surface area contributed by atoms with E-state index in [9.17, 15) is 14.4 Å². The van der Waals surface area contributed by atoms with Crippen molar-refractivity contribution < 1.29 is 28.6 Å². The van der Waals surface area contributed by atoms with Crippen molar-refractivity contribution in [2.24, 2.45) is 0 Å². The van der Waals surface area contributed by atoms with Crippen LogP contribution in [0.4, 0.5) is 0 Å². The van der Waals surface area contributed by atoms with E-state index in [-0.39, 0.29) is 31.1 Å². The molecule has 0 aromatic carbocycles. The van der Waals surface area contributed by atoms with Crippen molar-refractivity contribution in [3.63, 3.8) is 0 Å². The molecule has 0 aliphatic carbocycles. The fraction of sp³-hybridized carbons (Fsp3) is 0.938. The van der Waals surface area contributed by atoms with E-state index >= 15 is 0 Å². The number of hydrogen-bond donors (Lipinski definition) is 0. The average molecular weight is 765 g/mol. The lowest BCUT2D eigenvalue weighted by Crippen LogP contribution is -2.30. The fourth-order valence-electron chi connectivity index (χ4n) is 7.21. The molecule has 0 saturated heterocycles. The minimum absolute atomic E-state index is 0.0628. The molecule has 0 aliphatic heterocycles. The van der Waals surface area contributed by atoms with Gasteiger partial charge in [0.1, 0.15) is 13.2 Å². The first-order valence-electron chi connectivity index (χ1n) is 24.0. The van der Waals surface area contributed by atoms with Gasteiger partial charge in [-0.05, 0) is 19.3 Å². The van der Waals surface area contributed by atoms with Crippen LogP contribution in [0.15, 0.2) is 0 Å². The highest BCUT2D eigenvalue weighted by molar-refractivity contribution is 5.71. The quantitative estimate of drug-likeness (QED) is 0.0349. The Morgan fingerprint density at radius 2 is 0.500 bits per heavy atom. The van der Waals surface area contributed by atoms with E-state index in [0.29, 0.717) is 19.3 Å². The Hall–Kier alpha value is -1.59. The smallest absolute Gasteiger partial charge is 0.306 e. The van der Waals surface area contributed by atoms with Gasteiger partial charge in [-0.1, -0.05) is 233 Å². The Labute approximate surface area is 336 Å². The zero-order chi connectivity index (χ0) is 39.4. The molecule has 0 bridgehead atoms. The largest absolute Gasteiger partial charge is 0.462 e. The molecule has 0 fully saturated rings. The highest BCUT2D eigenvalue weighted by atomic mass is 16.6. The molecule has 0 saturated carbocycles. The van der Waals surface area contributed by atoms with Crippen LogP contribution in [0.1, 0.15) is 271 Å². The first kappa shape index (κ1) is 52.4. The van der Waals surface area contributed by atoms with Gasteiger partial charge in [-0.3, -0.25) is 14.4 Å². The molecular formula is C48H92O6. The molecule has 0 heterocycles. The van der Waals surface area contributed by atoms with Crippen molar-refractivity contribution in [2.45, 2.75) is 277 Å². The van der Waals surface area contributed by atoms with Crippen LogP contribution in [0.2, 0.25) is 0 Å². The standard InChI is InChI=1S/C48H92O6/c1-4-7-10-13-16-18-20-22-23-24-26-27-29-32-35-38-41-47(50)53-44-45(43-52-46(49)40-37-34-31-15-12-9-6-3)54-48(51)42-39-36-33-30-28-25-21-19-17-14-11-8-5-2/h45H,4-44H2,1-3H3. The van der Waals surface area contributed by atoms with Crippen LogP contribution in [-0.2, 0) is 28.6 Å². The summed E-state index contributed by atoms with van der Waals surface area (Å²) in [4.78, 5) is 37.6. The minimum atomic E-state index is -0.757. The number of carbonyl (C=O) groups excluding carboxylic acids is 3. The van der Waals surface area contributed by atoms with E-state index in [0.717, 1.165) is 57.8 Å². The molecule has 0 aromatic rings. The second kappa shape index (κ2) is 44.1. The molecule has 0 aromatic heterocycles. The summed E-state index contributed by atoms with van der Waals surface area (Å²) in [5.74, 6) is -0.854. The maximum absolute atomic E-state index is 12.7. The first-order chi connectivity index (χ1) is 26.5. The average Bonchev–Trinajstić information content (AvgIpc) is 3.17. The highest BCUT2D eigenvalue weighted by Gasteiger charge is 2.19. The number of ether oxygens (including phenoxy) is 3. The van der Waals surface area contributed by atoms with Gasteiger partial charge in [-0.25, -0.2) is 0 Å². The van der Waals surface area contributed by atoms with Crippen molar-refractivity contribution in [1.29, 1.82) is 0 Å². The van der Waals surface area contributed by atoms with Gasteiger partial charge in [0, 0.05) is 19.3 Å². The van der Waals surface area contributed by atoms with Gasteiger partial charge in [-0.15, -0.1) is 0 Å². The van der Waals surface area contributed by atoms with E-state index in [2.05, 4.69) is 20.8 Å². The van der Waals surface area contributed by atoms with E-state index in [1.54, 1.807) is 0 Å². The molecule has 320 valence electrons. The molecule has 0 amide bonds. The van der Waals surface area contributed by atoms with Crippen molar-refractivity contribution in [1.82, 2.24) is 0 Å². The molecule has 1 unspecified atom stereocenters. The number of rotatable bonds is 44. The maximum Gasteiger partial charge on any atom is 0.306 e. The third kappa shape index (κ3) is 41.6. The third-order valence-corrected chi connectivity index (χ3v) is 10.9. The Kier molecular flexibility index (Phi) is 42.8. The van der Waals surface area contributed by atoms with Gasteiger partial charge < -0.3 is 14.2 Å². The van der Waals surface area contributed by atoms with Crippen LogP contribution in [0.3, 0.4) is 0 Å². The fourth-order valence-corrected chi connectivity index (χ4v) is 7.21. The van der Waals surface area contributed by atoms with Crippen LogP contribution in [-0.4, -0.2) is 37.2 Å². The van der Waals surface area contributed by atoms with Gasteiger partial charge in [0.2, 0.25) is 0 Å². The van der Waals surface area contributed by atoms with Gasteiger partial charge in [0.25, 0.3) is 0 Å². The second-order valence-electron chi connectivity index (χ2n) is 16.4. The Balaban J connectivity index is 4.22. The molecule has 0 spiro atoms. The van der Waals surface area contributed by atoms with Crippen molar-refractivity contribution in [2.75, 3.05) is 13.2 Å². The van der Waals surface area contributed by atoms with Crippen molar-refractivity contribution in [3.8, 4) is 0 Å². The van der Waals surface area contributed by atoms with E-state index < -0.39 is 6.10 Å². The van der Waals surface area contributed by atoms with Crippen LogP contribution >= 0.6 is 0 Å². The Morgan fingerprint density at radius 1 is 0.296 bits per heavy atom. The van der Waals surface area contributed by atoms with Crippen molar-refractivity contribution in [3.05, 3.63) is 0 Å². The lowest BCUT2D eigenvalue weighted by atomic mass is 10.0.